The van der Waals surface area contributed by atoms with Crippen LogP contribution in [0.4, 0.5) is 17.5 Å². The van der Waals surface area contributed by atoms with Crippen molar-refractivity contribution in [3.05, 3.63) is 58.7 Å². The molecule has 128 valence electrons. The smallest absolute Gasteiger partial charge is 0.225 e. The molecule has 0 spiro atoms. The Hall–Kier alpha value is -2.51. The molecule has 0 fully saturated rings. The van der Waals surface area contributed by atoms with E-state index >= 15 is 0 Å². The lowest BCUT2D eigenvalue weighted by molar-refractivity contribution is 0.311. The number of nitrogens with zero attached hydrogens (tertiary/aromatic N) is 3. The van der Waals surface area contributed by atoms with Gasteiger partial charge >= 0.3 is 0 Å². The molecule has 2 aromatic heterocycles. The number of rotatable bonds is 6. The van der Waals surface area contributed by atoms with Gasteiger partial charge in [0.25, 0.3) is 0 Å². The van der Waals surface area contributed by atoms with Crippen LogP contribution in [0.2, 0.25) is 0 Å². The molecule has 7 heteroatoms. The number of hydrogen-bond donors (Lipinski definition) is 3. The van der Waals surface area contributed by atoms with Crippen molar-refractivity contribution >= 4 is 33.4 Å². The van der Waals surface area contributed by atoms with Gasteiger partial charge in [0.1, 0.15) is 5.82 Å². The molecule has 0 aliphatic carbocycles. The molecule has 3 rings (SSSR count). The van der Waals surface area contributed by atoms with Crippen molar-refractivity contribution in [2.45, 2.75) is 6.92 Å². The lowest BCUT2D eigenvalue weighted by Crippen LogP contribution is -2.10. The van der Waals surface area contributed by atoms with Gasteiger partial charge in [-0.3, -0.25) is 4.98 Å². The first-order valence-corrected chi connectivity index (χ1v) is 8.63. The van der Waals surface area contributed by atoms with Gasteiger partial charge in [0.05, 0.1) is 18.0 Å². The highest BCUT2D eigenvalue weighted by Gasteiger charge is 2.09. The summed E-state index contributed by atoms with van der Waals surface area (Å²) in [6, 6.07) is 13.5. The van der Waals surface area contributed by atoms with E-state index in [0.29, 0.717) is 24.0 Å². The van der Waals surface area contributed by atoms with Crippen molar-refractivity contribution < 1.29 is 5.11 Å². The summed E-state index contributed by atoms with van der Waals surface area (Å²) in [6.45, 7) is 2.41. The molecule has 2 heterocycles. The van der Waals surface area contributed by atoms with Gasteiger partial charge in [0, 0.05) is 29.0 Å². The molecular weight excluding hydrogens is 382 g/mol. The van der Waals surface area contributed by atoms with Gasteiger partial charge in [-0.1, -0.05) is 22.0 Å². The fourth-order valence-electron chi connectivity index (χ4n) is 2.31. The zero-order valence-corrected chi connectivity index (χ0v) is 15.3. The Labute approximate surface area is 154 Å². The third kappa shape index (κ3) is 4.52. The monoisotopic (exact) mass is 399 g/mol. The largest absolute Gasteiger partial charge is 0.395 e. The molecule has 25 heavy (non-hydrogen) atoms. The average molecular weight is 400 g/mol. The van der Waals surface area contributed by atoms with E-state index in [1.165, 1.54) is 0 Å². The highest BCUT2D eigenvalue weighted by atomic mass is 79.9. The summed E-state index contributed by atoms with van der Waals surface area (Å²) >= 11 is 3.47. The van der Waals surface area contributed by atoms with Crippen molar-refractivity contribution in [1.82, 2.24) is 15.0 Å². The zero-order valence-electron chi connectivity index (χ0n) is 13.7. The number of hydrogen-bond acceptors (Lipinski definition) is 6. The molecule has 0 unspecified atom stereocenters. The van der Waals surface area contributed by atoms with E-state index in [1.807, 2.05) is 49.4 Å². The summed E-state index contributed by atoms with van der Waals surface area (Å²) in [7, 11) is 0. The van der Waals surface area contributed by atoms with Crippen molar-refractivity contribution in [2.75, 3.05) is 23.8 Å². The Kier molecular flexibility index (Phi) is 5.57. The molecule has 3 N–H and O–H groups in total. The summed E-state index contributed by atoms with van der Waals surface area (Å²) in [5.74, 6) is 1.09. The maximum atomic E-state index is 9.03. The Balaban J connectivity index is 1.96. The van der Waals surface area contributed by atoms with E-state index in [1.54, 1.807) is 6.20 Å². The molecule has 0 radical (unpaired) electrons. The van der Waals surface area contributed by atoms with Crippen molar-refractivity contribution in [1.29, 1.82) is 0 Å². The molecule has 0 bridgehead atoms. The van der Waals surface area contributed by atoms with E-state index in [-0.39, 0.29) is 6.61 Å². The Bertz CT molecular complexity index is 857. The van der Waals surface area contributed by atoms with Crippen LogP contribution in [-0.4, -0.2) is 33.2 Å². The number of aryl methyl sites for hydroxylation is 1. The van der Waals surface area contributed by atoms with E-state index in [0.717, 1.165) is 21.4 Å². The third-order valence-corrected chi connectivity index (χ3v) is 3.99. The Morgan fingerprint density at radius 2 is 1.96 bits per heavy atom. The molecule has 0 aliphatic rings. The highest BCUT2D eigenvalue weighted by Crippen LogP contribution is 2.25. The summed E-state index contributed by atoms with van der Waals surface area (Å²) in [4.78, 5) is 13.3. The number of anilines is 3. The topological polar surface area (TPSA) is 83.0 Å². The van der Waals surface area contributed by atoms with Gasteiger partial charge in [-0.15, -0.1) is 0 Å². The number of aliphatic hydroxyl groups is 1. The minimum Gasteiger partial charge on any atom is -0.395 e. The first-order valence-electron chi connectivity index (χ1n) is 7.84. The van der Waals surface area contributed by atoms with Crippen LogP contribution in [0.5, 0.6) is 0 Å². The summed E-state index contributed by atoms with van der Waals surface area (Å²) in [5, 5.41) is 15.4. The van der Waals surface area contributed by atoms with E-state index in [2.05, 4.69) is 41.5 Å². The van der Waals surface area contributed by atoms with Crippen molar-refractivity contribution in [3.63, 3.8) is 0 Å². The van der Waals surface area contributed by atoms with Gasteiger partial charge in [0.2, 0.25) is 5.95 Å². The summed E-state index contributed by atoms with van der Waals surface area (Å²) < 4.78 is 1.03. The van der Waals surface area contributed by atoms with Crippen LogP contribution in [0.3, 0.4) is 0 Å². The second kappa shape index (κ2) is 8.04. The van der Waals surface area contributed by atoms with Gasteiger partial charge in [0.15, 0.2) is 0 Å². The molecule has 0 saturated carbocycles. The third-order valence-electron chi connectivity index (χ3n) is 3.50. The minimum absolute atomic E-state index is 0.00571. The maximum absolute atomic E-state index is 9.03. The van der Waals surface area contributed by atoms with Crippen molar-refractivity contribution in [3.8, 4) is 11.4 Å². The van der Waals surface area contributed by atoms with Crippen LogP contribution in [0.15, 0.2) is 53.1 Å². The molecule has 3 aromatic rings. The molecule has 0 saturated heterocycles. The molecule has 0 amide bonds. The molecule has 6 nitrogen and oxygen atoms in total. The molecule has 0 aliphatic heterocycles. The molecular formula is C18H18BrN5O. The van der Waals surface area contributed by atoms with E-state index < -0.39 is 0 Å². The normalized spacial score (nSPS) is 10.5. The maximum Gasteiger partial charge on any atom is 0.225 e. The first-order chi connectivity index (χ1) is 12.2. The predicted octanol–water partition coefficient (Wildman–Crippen LogP) is 3.76. The summed E-state index contributed by atoms with van der Waals surface area (Å²) in [5.41, 5.74) is 3.51. The number of aliphatic hydroxyl groups excluding tert-OH is 1. The molecule has 0 atom stereocenters. The average Bonchev–Trinajstić information content (AvgIpc) is 2.63. The van der Waals surface area contributed by atoms with Crippen LogP contribution in [0.1, 0.15) is 5.56 Å². The van der Waals surface area contributed by atoms with Crippen LogP contribution >= 0.6 is 15.9 Å². The quantitative estimate of drug-likeness (QED) is 0.585. The fraction of sp³-hybridized carbons (Fsp3) is 0.167. The van der Waals surface area contributed by atoms with Crippen LogP contribution < -0.4 is 10.6 Å². The second-order valence-electron chi connectivity index (χ2n) is 5.41. The minimum atomic E-state index is 0.00571. The van der Waals surface area contributed by atoms with Gasteiger partial charge in [-0.25, -0.2) is 4.98 Å². The van der Waals surface area contributed by atoms with E-state index in [9.17, 15) is 0 Å². The lowest BCUT2D eigenvalue weighted by atomic mass is 10.2. The van der Waals surface area contributed by atoms with Crippen LogP contribution in [0.25, 0.3) is 11.4 Å². The SMILES string of the molecule is Cc1cc(Br)ccc1Nc1cc(-c2ccccn2)nc(NCCO)n1. The zero-order chi connectivity index (χ0) is 17.6. The molecule has 1 aromatic carbocycles. The predicted molar refractivity (Wildman–Crippen MR) is 103 cm³/mol. The Morgan fingerprint density at radius 3 is 2.68 bits per heavy atom. The van der Waals surface area contributed by atoms with Gasteiger partial charge < -0.3 is 15.7 Å². The van der Waals surface area contributed by atoms with Crippen LogP contribution in [0, 0.1) is 6.92 Å². The standard InChI is InChI=1S/C18H18BrN5O/c1-12-10-13(19)5-6-14(12)22-17-11-16(15-4-2-3-7-20-15)23-18(24-17)21-8-9-25/h2-7,10-11,25H,8-9H2,1H3,(H2,21,22,23,24). The number of halogens is 1. The van der Waals surface area contributed by atoms with Gasteiger partial charge in [-0.2, -0.15) is 4.98 Å². The highest BCUT2D eigenvalue weighted by molar-refractivity contribution is 9.10. The van der Waals surface area contributed by atoms with Gasteiger partial charge in [-0.05, 0) is 42.8 Å². The number of aromatic nitrogens is 3. The Morgan fingerprint density at radius 1 is 1.08 bits per heavy atom. The van der Waals surface area contributed by atoms with E-state index in [4.69, 9.17) is 5.11 Å². The van der Waals surface area contributed by atoms with Crippen molar-refractivity contribution in [2.24, 2.45) is 0 Å². The van der Waals surface area contributed by atoms with Crippen LogP contribution in [-0.2, 0) is 0 Å². The number of pyridine rings is 1. The second-order valence-corrected chi connectivity index (χ2v) is 6.33. The summed E-state index contributed by atoms with van der Waals surface area (Å²) in [6.07, 6.45) is 1.73. The number of nitrogens with one attached hydrogen (secondary N) is 2. The fourth-order valence-corrected chi connectivity index (χ4v) is 2.78. The first kappa shape index (κ1) is 17.3. The lowest BCUT2D eigenvalue weighted by Gasteiger charge is -2.12. The number of benzene rings is 1.